The maximum Gasteiger partial charge on any atom is 0.117 e. The summed E-state index contributed by atoms with van der Waals surface area (Å²) in [5.41, 5.74) is 2.14. The second kappa shape index (κ2) is 2.59. The van der Waals surface area contributed by atoms with E-state index < -0.39 is 0 Å². The molecular formula is C9H11N3. The molecule has 0 bridgehead atoms. The summed E-state index contributed by atoms with van der Waals surface area (Å²) >= 11 is 0. The highest BCUT2D eigenvalue weighted by Gasteiger charge is 2.01. The van der Waals surface area contributed by atoms with Gasteiger partial charge in [0.05, 0.1) is 17.4 Å². The van der Waals surface area contributed by atoms with Gasteiger partial charge in [-0.05, 0) is 18.1 Å². The highest BCUT2D eigenvalue weighted by molar-refractivity contribution is 5.43. The van der Waals surface area contributed by atoms with E-state index in [0.29, 0.717) is 5.92 Å². The first-order valence-corrected chi connectivity index (χ1v) is 4.06. The van der Waals surface area contributed by atoms with Crippen molar-refractivity contribution in [2.24, 2.45) is 0 Å². The lowest BCUT2D eigenvalue weighted by molar-refractivity contribution is 0.762. The predicted octanol–water partition coefficient (Wildman–Crippen LogP) is 1.85. The van der Waals surface area contributed by atoms with Gasteiger partial charge in [-0.3, -0.25) is 0 Å². The molecular weight excluding hydrogens is 150 g/mol. The Morgan fingerprint density at radius 2 is 2.17 bits per heavy atom. The summed E-state index contributed by atoms with van der Waals surface area (Å²) < 4.78 is 1.80. The number of hydrogen-bond donors (Lipinski definition) is 0. The fourth-order valence-corrected chi connectivity index (χ4v) is 1.14. The summed E-state index contributed by atoms with van der Waals surface area (Å²) in [5, 5.41) is 4.39. The van der Waals surface area contributed by atoms with Crippen LogP contribution < -0.4 is 0 Å². The second-order valence-electron chi connectivity index (χ2n) is 3.18. The highest BCUT2D eigenvalue weighted by Crippen LogP contribution is 2.11. The molecule has 0 aliphatic carbocycles. The van der Waals surface area contributed by atoms with E-state index in [9.17, 15) is 0 Å². The van der Waals surface area contributed by atoms with Gasteiger partial charge in [-0.2, -0.15) is 5.10 Å². The molecule has 0 saturated heterocycles. The van der Waals surface area contributed by atoms with Crippen LogP contribution in [0.2, 0.25) is 0 Å². The lowest BCUT2D eigenvalue weighted by Crippen LogP contribution is -1.97. The molecule has 0 spiro atoms. The Labute approximate surface area is 71.1 Å². The fraction of sp³-hybridized carbons (Fsp3) is 0.333. The Hall–Kier alpha value is -1.38. The van der Waals surface area contributed by atoms with E-state index in [4.69, 9.17) is 0 Å². The Bertz CT molecular complexity index is 389. The maximum absolute atomic E-state index is 4.39. The molecule has 62 valence electrons. The van der Waals surface area contributed by atoms with Crippen LogP contribution in [-0.4, -0.2) is 14.6 Å². The van der Waals surface area contributed by atoms with Gasteiger partial charge in [-0.25, -0.2) is 9.50 Å². The minimum Gasteiger partial charge on any atom is -0.243 e. The summed E-state index contributed by atoms with van der Waals surface area (Å²) in [6.07, 6.45) is 3.53. The van der Waals surface area contributed by atoms with Crippen LogP contribution in [0.15, 0.2) is 24.7 Å². The quantitative estimate of drug-likeness (QED) is 0.639. The molecule has 3 nitrogen and oxygen atoms in total. The van der Waals surface area contributed by atoms with E-state index in [0.717, 1.165) is 11.2 Å². The molecule has 0 N–H and O–H groups in total. The fourth-order valence-electron chi connectivity index (χ4n) is 1.14. The molecule has 0 fully saturated rings. The van der Waals surface area contributed by atoms with Crippen molar-refractivity contribution in [1.29, 1.82) is 0 Å². The van der Waals surface area contributed by atoms with Crippen LogP contribution in [0.3, 0.4) is 0 Å². The summed E-state index contributed by atoms with van der Waals surface area (Å²) in [5.74, 6) is 0.469. The summed E-state index contributed by atoms with van der Waals surface area (Å²) in [4.78, 5) is 4.00. The number of rotatable bonds is 1. The van der Waals surface area contributed by atoms with Crippen molar-refractivity contribution in [3.8, 4) is 0 Å². The molecule has 3 heteroatoms. The first kappa shape index (κ1) is 7.28. The molecule has 0 radical (unpaired) electrons. The number of fused-ring (bicyclic) bond motifs is 1. The Morgan fingerprint density at radius 3 is 2.92 bits per heavy atom. The zero-order valence-electron chi connectivity index (χ0n) is 7.23. The van der Waals surface area contributed by atoms with E-state index in [1.807, 2.05) is 12.1 Å². The zero-order valence-corrected chi connectivity index (χ0v) is 7.23. The Kier molecular flexibility index (Phi) is 1.57. The van der Waals surface area contributed by atoms with Crippen LogP contribution in [0.25, 0.3) is 5.52 Å². The first-order valence-electron chi connectivity index (χ1n) is 4.06. The molecule has 2 aromatic heterocycles. The highest BCUT2D eigenvalue weighted by atomic mass is 15.2. The van der Waals surface area contributed by atoms with Crippen molar-refractivity contribution < 1.29 is 0 Å². The van der Waals surface area contributed by atoms with Crippen molar-refractivity contribution in [3.05, 3.63) is 30.4 Å². The topological polar surface area (TPSA) is 30.2 Å². The van der Waals surface area contributed by atoms with Gasteiger partial charge in [0.1, 0.15) is 6.33 Å². The molecule has 0 aromatic carbocycles. The Balaban J connectivity index is 2.60. The third kappa shape index (κ3) is 1.07. The van der Waals surface area contributed by atoms with Crippen LogP contribution in [0.4, 0.5) is 0 Å². The van der Waals surface area contributed by atoms with Gasteiger partial charge in [-0.1, -0.05) is 13.8 Å². The maximum atomic E-state index is 4.39. The van der Waals surface area contributed by atoms with Crippen molar-refractivity contribution in [1.82, 2.24) is 14.6 Å². The lowest BCUT2D eigenvalue weighted by atomic mass is 10.1. The van der Waals surface area contributed by atoms with Crippen LogP contribution in [0, 0.1) is 0 Å². The van der Waals surface area contributed by atoms with Gasteiger partial charge in [0.2, 0.25) is 0 Å². The summed E-state index contributed by atoms with van der Waals surface area (Å²) in [6, 6.07) is 4.08. The van der Waals surface area contributed by atoms with Gasteiger partial charge in [0, 0.05) is 0 Å². The third-order valence-electron chi connectivity index (χ3n) is 1.89. The van der Waals surface area contributed by atoms with E-state index >= 15 is 0 Å². The van der Waals surface area contributed by atoms with Crippen molar-refractivity contribution in [2.45, 2.75) is 19.8 Å². The summed E-state index contributed by atoms with van der Waals surface area (Å²) in [7, 11) is 0. The van der Waals surface area contributed by atoms with E-state index in [1.54, 1.807) is 17.0 Å². The standard InChI is InChI=1S/C9H11N3/c1-7(2)9-4-3-8-5-10-6-12(8)11-9/h3-7H,1-2H3. The molecule has 0 saturated carbocycles. The predicted molar refractivity (Wildman–Crippen MR) is 47.1 cm³/mol. The number of hydrogen-bond acceptors (Lipinski definition) is 2. The molecule has 2 heterocycles. The Morgan fingerprint density at radius 1 is 1.33 bits per heavy atom. The number of nitrogens with zero attached hydrogens (tertiary/aromatic N) is 3. The van der Waals surface area contributed by atoms with E-state index in [2.05, 4.69) is 23.9 Å². The van der Waals surface area contributed by atoms with Crippen molar-refractivity contribution in [2.75, 3.05) is 0 Å². The van der Waals surface area contributed by atoms with Gasteiger partial charge < -0.3 is 0 Å². The van der Waals surface area contributed by atoms with Gasteiger partial charge in [0.15, 0.2) is 0 Å². The monoisotopic (exact) mass is 161 g/mol. The molecule has 0 aliphatic heterocycles. The van der Waals surface area contributed by atoms with Gasteiger partial charge >= 0.3 is 0 Å². The SMILES string of the molecule is CC(C)c1ccc2cncn2n1. The molecule has 12 heavy (non-hydrogen) atoms. The normalized spacial score (nSPS) is 11.2. The first-order chi connectivity index (χ1) is 5.77. The minimum absolute atomic E-state index is 0.469. The average Bonchev–Trinajstić information content (AvgIpc) is 2.49. The number of imidazole rings is 1. The molecule has 0 unspecified atom stereocenters. The van der Waals surface area contributed by atoms with Crippen molar-refractivity contribution in [3.63, 3.8) is 0 Å². The minimum atomic E-state index is 0.469. The van der Waals surface area contributed by atoms with E-state index in [-0.39, 0.29) is 0 Å². The summed E-state index contributed by atoms with van der Waals surface area (Å²) in [6.45, 7) is 4.26. The third-order valence-corrected chi connectivity index (χ3v) is 1.89. The van der Waals surface area contributed by atoms with Crippen molar-refractivity contribution >= 4 is 5.52 Å². The number of aromatic nitrogens is 3. The molecule has 2 aromatic rings. The van der Waals surface area contributed by atoms with E-state index in [1.165, 1.54) is 0 Å². The molecule has 2 rings (SSSR count). The van der Waals surface area contributed by atoms with Crippen LogP contribution >= 0.6 is 0 Å². The van der Waals surface area contributed by atoms with Gasteiger partial charge in [0.25, 0.3) is 0 Å². The largest absolute Gasteiger partial charge is 0.243 e. The van der Waals surface area contributed by atoms with Crippen LogP contribution in [0.1, 0.15) is 25.5 Å². The average molecular weight is 161 g/mol. The lowest BCUT2D eigenvalue weighted by Gasteiger charge is -2.03. The molecule has 0 atom stereocenters. The molecule has 0 aliphatic rings. The van der Waals surface area contributed by atoms with Gasteiger partial charge in [-0.15, -0.1) is 0 Å². The smallest absolute Gasteiger partial charge is 0.117 e. The zero-order chi connectivity index (χ0) is 8.55. The van der Waals surface area contributed by atoms with Crippen LogP contribution in [0.5, 0.6) is 0 Å². The molecule has 0 amide bonds. The second-order valence-corrected chi connectivity index (χ2v) is 3.18. The van der Waals surface area contributed by atoms with Crippen LogP contribution in [-0.2, 0) is 0 Å².